The van der Waals surface area contributed by atoms with Crippen LogP contribution in [-0.4, -0.2) is 0 Å². The number of benzene rings is 8. The van der Waals surface area contributed by atoms with Crippen molar-refractivity contribution in [1.82, 2.24) is 0 Å². The van der Waals surface area contributed by atoms with Crippen LogP contribution in [0.15, 0.2) is 194 Å². The molecule has 8 rings (SSSR count). The lowest BCUT2D eigenvalue weighted by molar-refractivity contribution is 0.623. The average Bonchev–Trinajstić information content (AvgIpc) is 3.26. The lowest BCUT2D eigenvalue weighted by atomic mass is 9.85. The van der Waals surface area contributed by atoms with Crippen molar-refractivity contribution in [3.8, 4) is 44.9 Å². The molecule has 0 bridgehead atoms. The second-order valence-corrected chi connectivity index (χ2v) is 17.6. The smallest absolute Gasteiger partial charge is 0.150 e. The first-order chi connectivity index (χ1) is 27.5. The van der Waals surface area contributed by atoms with Crippen molar-refractivity contribution in [2.24, 2.45) is 0 Å². The first-order valence-electron chi connectivity index (χ1n) is 19.0. The third-order valence-electron chi connectivity index (χ3n) is 10.3. The van der Waals surface area contributed by atoms with Crippen molar-refractivity contribution in [2.45, 2.75) is 27.7 Å². The molecule has 0 aliphatic rings. The summed E-state index contributed by atoms with van der Waals surface area (Å²) < 4.78 is 15.4. The van der Waals surface area contributed by atoms with Gasteiger partial charge >= 0.3 is 0 Å². The van der Waals surface area contributed by atoms with E-state index in [1.807, 2.05) is 0 Å². The number of hydrogen-bond acceptors (Lipinski definition) is 2. The molecule has 274 valence electrons. The van der Waals surface area contributed by atoms with Crippen LogP contribution >= 0.6 is 16.3 Å². The zero-order chi connectivity index (χ0) is 38.4. The fourth-order valence-corrected chi connectivity index (χ4v) is 10.7. The van der Waals surface area contributed by atoms with E-state index in [2.05, 4.69) is 222 Å². The predicted octanol–water partition coefficient (Wildman–Crippen LogP) is 12.8. The summed E-state index contributed by atoms with van der Waals surface area (Å²) in [5.41, 5.74) is 11.2. The van der Waals surface area contributed by atoms with E-state index in [-0.39, 0.29) is 0 Å². The number of hydrogen-bond donors (Lipinski definition) is 0. The summed E-state index contributed by atoms with van der Waals surface area (Å²) in [4.78, 5) is 0. The van der Waals surface area contributed by atoms with Crippen LogP contribution in [0.3, 0.4) is 0 Å². The van der Waals surface area contributed by atoms with Crippen LogP contribution in [0.25, 0.3) is 33.4 Å². The third kappa shape index (κ3) is 7.69. The maximum absolute atomic E-state index is 7.68. The molecular formula is C52H44O2P2. The van der Waals surface area contributed by atoms with E-state index in [9.17, 15) is 0 Å². The van der Waals surface area contributed by atoms with Crippen LogP contribution in [0.2, 0.25) is 0 Å². The fraction of sp³-hybridized carbons (Fsp3) is 0.0769. The fourth-order valence-electron chi connectivity index (χ4n) is 7.19. The molecule has 0 fully saturated rings. The van der Waals surface area contributed by atoms with Gasteiger partial charge < -0.3 is 9.05 Å². The quantitative estimate of drug-likeness (QED) is 0.122. The second kappa shape index (κ2) is 16.9. The molecule has 0 aliphatic heterocycles. The van der Waals surface area contributed by atoms with E-state index >= 15 is 0 Å². The van der Waals surface area contributed by atoms with Crippen LogP contribution in [0.4, 0.5) is 0 Å². The van der Waals surface area contributed by atoms with Gasteiger partial charge in [-0.05, 0) is 73.2 Å². The van der Waals surface area contributed by atoms with E-state index in [0.717, 1.165) is 77.2 Å². The maximum atomic E-state index is 7.68. The molecule has 0 saturated heterocycles. The summed E-state index contributed by atoms with van der Waals surface area (Å²) in [5.74, 6) is 1.72. The van der Waals surface area contributed by atoms with Crippen LogP contribution in [0, 0.1) is 27.7 Å². The van der Waals surface area contributed by atoms with Gasteiger partial charge in [-0.3, -0.25) is 0 Å². The number of aryl methyl sites for hydroxylation is 2. The molecule has 0 saturated carbocycles. The summed E-state index contributed by atoms with van der Waals surface area (Å²) in [6.07, 6.45) is 0. The minimum atomic E-state index is -1.27. The largest absolute Gasteiger partial charge is 0.463 e. The molecule has 2 nitrogen and oxygen atoms in total. The van der Waals surface area contributed by atoms with E-state index < -0.39 is 16.3 Å². The molecular weight excluding hydrogens is 719 g/mol. The molecule has 0 atom stereocenters. The summed E-state index contributed by atoms with van der Waals surface area (Å²) >= 11 is 0. The lowest BCUT2D eigenvalue weighted by Gasteiger charge is -2.29. The van der Waals surface area contributed by atoms with Gasteiger partial charge in [-0.25, -0.2) is 0 Å². The maximum Gasteiger partial charge on any atom is 0.150 e. The molecule has 0 radical (unpaired) electrons. The first kappa shape index (κ1) is 37.2. The molecule has 8 aromatic rings. The lowest BCUT2D eigenvalue weighted by Crippen LogP contribution is -2.17. The number of rotatable bonds is 11. The van der Waals surface area contributed by atoms with Crippen LogP contribution in [0.1, 0.15) is 22.3 Å². The third-order valence-corrected chi connectivity index (χ3v) is 14.1. The monoisotopic (exact) mass is 762 g/mol. The molecule has 56 heavy (non-hydrogen) atoms. The molecule has 0 unspecified atom stereocenters. The zero-order valence-corrected chi connectivity index (χ0v) is 34.0. The van der Waals surface area contributed by atoms with Crippen LogP contribution in [-0.2, 0) is 0 Å². The minimum absolute atomic E-state index is 0.861. The van der Waals surface area contributed by atoms with Crippen LogP contribution < -0.4 is 30.3 Å². The molecule has 8 aromatic carbocycles. The van der Waals surface area contributed by atoms with Crippen molar-refractivity contribution in [3.05, 3.63) is 216 Å². The molecule has 0 aliphatic carbocycles. The highest BCUT2D eigenvalue weighted by Gasteiger charge is 2.30. The summed E-state index contributed by atoms with van der Waals surface area (Å²) in [5, 5.41) is 4.60. The highest BCUT2D eigenvalue weighted by molar-refractivity contribution is 7.69. The Labute approximate surface area is 334 Å². The minimum Gasteiger partial charge on any atom is -0.463 e. The first-order valence-corrected chi connectivity index (χ1v) is 21.6. The topological polar surface area (TPSA) is 18.5 Å². The highest BCUT2D eigenvalue weighted by Crippen LogP contribution is 2.55. The van der Waals surface area contributed by atoms with Crippen molar-refractivity contribution in [1.29, 1.82) is 0 Å². The summed E-state index contributed by atoms with van der Waals surface area (Å²) in [6, 6.07) is 68.6. The zero-order valence-electron chi connectivity index (χ0n) is 32.2. The Morgan fingerprint density at radius 1 is 0.321 bits per heavy atom. The van der Waals surface area contributed by atoms with Crippen molar-refractivity contribution in [3.63, 3.8) is 0 Å². The Balaban J connectivity index is 1.47. The Morgan fingerprint density at radius 2 is 0.571 bits per heavy atom. The molecule has 0 spiro atoms. The SMILES string of the molecule is Cc1cc(-c2ccccc2)c(OP(c2ccccc2)c2ccccc2)c(-c2c(C)c(C)cc(-c3ccccc3)c2OP(c2ccccc2)c2ccccc2)c1C. The van der Waals surface area contributed by atoms with Gasteiger partial charge in [0.1, 0.15) is 11.5 Å². The standard InChI is InChI=1S/C52H44O2P2/c1-37-35-47(41-23-11-5-12-24-41)51(53-55(43-27-15-7-16-28-43)44-29-17-8-18-30-44)49(39(37)3)50-40(4)38(2)36-48(42-25-13-6-14-26-42)52(50)54-56(45-31-19-9-20-32-45)46-33-21-10-22-34-46/h5-36H,1-4H3. The van der Waals surface area contributed by atoms with Gasteiger partial charge in [0, 0.05) is 43.5 Å². The molecule has 0 heterocycles. The average molecular weight is 763 g/mol. The predicted molar refractivity (Wildman–Crippen MR) is 241 cm³/mol. The highest BCUT2D eigenvalue weighted by atomic mass is 31.1. The normalized spacial score (nSPS) is 11.2. The van der Waals surface area contributed by atoms with Crippen molar-refractivity contribution < 1.29 is 9.05 Å². The Morgan fingerprint density at radius 3 is 0.839 bits per heavy atom. The molecule has 0 aromatic heterocycles. The van der Waals surface area contributed by atoms with Gasteiger partial charge in [-0.15, -0.1) is 0 Å². The van der Waals surface area contributed by atoms with E-state index in [4.69, 9.17) is 9.05 Å². The molecule has 0 amide bonds. The summed E-state index contributed by atoms with van der Waals surface area (Å²) in [7, 11) is -2.53. The van der Waals surface area contributed by atoms with E-state index in [1.54, 1.807) is 0 Å². The Bertz CT molecular complexity index is 2280. The second-order valence-electron chi connectivity index (χ2n) is 14.0. The molecule has 0 N–H and O–H groups in total. The Kier molecular flexibility index (Phi) is 11.2. The summed E-state index contributed by atoms with van der Waals surface area (Å²) in [6.45, 7) is 8.92. The van der Waals surface area contributed by atoms with Crippen molar-refractivity contribution >= 4 is 37.5 Å². The Hall–Kier alpha value is -5.78. The van der Waals surface area contributed by atoms with Gasteiger partial charge in [0.2, 0.25) is 0 Å². The van der Waals surface area contributed by atoms with Gasteiger partial charge in [-0.2, -0.15) is 0 Å². The van der Waals surface area contributed by atoms with Gasteiger partial charge in [0.15, 0.2) is 16.3 Å². The van der Waals surface area contributed by atoms with E-state index in [1.165, 1.54) is 11.1 Å². The molecule has 4 heteroatoms. The van der Waals surface area contributed by atoms with Gasteiger partial charge in [-0.1, -0.05) is 182 Å². The van der Waals surface area contributed by atoms with E-state index in [0.29, 0.717) is 0 Å². The van der Waals surface area contributed by atoms with Crippen molar-refractivity contribution in [2.75, 3.05) is 0 Å². The van der Waals surface area contributed by atoms with Gasteiger partial charge in [0.05, 0.1) is 0 Å². The van der Waals surface area contributed by atoms with Crippen LogP contribution in [0.5, 0.6) is 11.5 Å². The van der Waals surface area contributed by atoms with Gasteiger partial charge in [0.25, 0.3) is 0 Å².